The van der Waals surface area contributed by atoms with Gasteiger partial charge in [-0.1, -0.05) is 0 Å². The molecule has 2 amide bonds. The third-order valence-corrected chi connectivity index (χ3v) is 5.61. The Morgan fingerprint density at radius 2 is 2.16 bits per heavy atom. The highest BCUT2D eigenvalue weighted by Gasteiger charge is 2.33. The standard InChI is InChI=1S/C18H26N6O/c1-11-17(12(2)22-21-11)16-5-4-8-23(16)18(25)20-15-9-19-24(10-15)13(3)14-6-7-14/h9-10,13-14,16H,4-8H2,1-3H3,(H,20,25)(H,21,22). The first-order valence-corrected chi connectivity index (χ1v) is 9.18. The van der Waals surface area contributed by atoms with Gasteiger partial charge in [0.1, 0.15) is 0 Å². The lowest BCUT2D eigenvalue weighted by Gasteiger charge is -2.25. The summed E-state index contributed by atoms with van der Waals surface area (Å²) < 4.78 is 1.97. The molecule has 0 spiro atoms. The Kier molecular flexibility index (Phi) is 4.01. The van der Waals surface area contributed by atoms with Gasteiger partial charge in [-0.15, -0.1) is 0 Å². The van der Waals surface area contributed by atoms with Crippen LogP contribution in [0.1, 0.15) is 61.6 Å². The van der Waals surface area contributed by atoms with Gasteiger partial charge in [-0.05, 0) is 52.4 Å². The summed E-state index contributed by atoms with van der Waals surface area (Å²) in [4.78, 5) is 14.7. The molecule has 2 atom stereocenters. The molecule has 1 saturated carbocycles. The van der Waals surface area contributed by atoms with Crippen molar-refractivity contribution in [1.82, 2.24) is 24.9 Å². The molecule has 25 heavy (non-hydrogen) atoms. The van der Waals surface area contributed by atoms with E-state index in [1.807, 2.05) is 29.6 Å². The summed E-state index contributed by atoms with van der Waals surface area (Å²) in [5.74, 6) is 0.735. The molecule has 134 valence electrons. The average Bonchev–Trinajstić information content (AvgIpc) is 2.98. The Hall–Kier alpha value is -2.31. The zero-order chi connectivity index (χ0) is 17.6. The lowest BCUT2D eigenvalue weighted by atomic mass is 10.0. The molecule has 3 heterocycles. The topological polar surface area (TPSA) is 78.8 Å². The van der Waals surface area contributed by atoms with E-state index in [-0.39, 0.29) is 12.1 Å². The van der Waals surface area contributed by atoms with Crippen molar-refractivity contribution in [2.24, 2.45) is 5.92 Å². The van der Waals surface area contributed by atoms with Crippen LogP contribution in [-0.2, 0) is 0 Å². The molecule has 0 aromatic carbocycles. The van der Waals surface area contributed by atoms with Crippen LogP contribution in [0, 0.1) is 19.8 Å². The maximum Gasteiger partial charge on any atom is 0.322 e. The predicted molar refractivity (Wildman–Crippen MR) is 95.4 cm³/mol. The second kappa shape index (κ2) is 6.20. The number of likely N-dealkylation sites (tertiary alicyclic amines) is 1. The quantitative estimate of drug-likeness (QED) is 0.891. The van der Waals surface area contributed by atoms with E-state index in [4.69, 9.17) is 0 Å². The number of aromatic nitrogens is 4. The maximum absolute atomic E-state index is 12.8. The van der Waals surface area contributed by atoms with Crippen LogP contribution in [0.15, 0.2) is 12.4 Å². The lowest BCUT2D eigenvalue weighted by Crippen LogP contribution is -2.34. The first-order chi connectivity index (χ1) is 12.0. The SMILES string of the molecule is Cc1n[nH]c(C)c1C1CCCN1C(=O)Nc1cnn(C(C)C2CC2)c1. The number of nitrogens with zero attached hydrogens (tertiary/aromatic N) is 4. The number of urea groups is 1. The summed E-state index contributed by atoms with van der Waals surface area (Å²) in [5.41, 5.74) is 3.95. The zero-order valence-corrected chi connectivity index (χ0v) is 15.1. The fraction of sp³-hybridized carbons (Fsp3) is 0.611. The fourth-order valence-electron chi connectivity index (χ4n) is 3.98. The number of rotatable bonds is 4. The molecule has 2 unspecified atom stereocenters. The van der Waals surface area contributed by atoms with E-state index < -0.39 is 0 Å². The molecule has 2 aromatic rings. The van der Waals surface area contributed by atoms with Crippen LogP contribution in [0.2, 0.25) is 0 Å². The summed E-state index contributed by atoms with van der Waals surface area (Å²) in [6.45, 7) is 6.98. The molecule has 2 aliphatic rings. The normalized spacial score (nSPS) is 21.6. The van der Waals surface area contributed by atoms with Crippen LogP contribution in [0.3, 0.4) is 0 Å². The molecule has 7 nitrogen and oxygen atoms in total. The van der Waals surface area contributed by atoms with Gasteiger partial charge in [0.2, 0.25) is 0 Å². The highest BCUT2D eigenvalue weighted by atomic mass is 16.2. The van der Waals surface area contributed by atoms with Crippen molar-refractivity contribution in [1.29, 1.82) is 0 Å². The summed E-state index contributed by atoms with van der Waals surface area (Å²) in [5, 5.41) is 14.8. The number of H-pyrrole nitrogens is 1. The summed E-state index contributed by atoms with van der Waals surface area (Å²) in [6.07, 6.45) is 8.24. The molecule has 4 rings (SSSR count). The molecule has 1 aliphatic carbocycles. The number of amides is 2. The monoisotopic (exact) mass is 342 g/mol. The molecule has 1 saturated heterocycles. The number of hydrogen-bond acceptors (Lipinski definition) is 3. The van der Waals surface area contributed by atoms with E-state index in [2.05, 4.69) is 27.5 Å². The van der Waals surface area contributed by atoms with Crippen molar-refractivity contribution in [3.05, 3.63) is 29.3 Å². The number of aryl methyl sites for hydroxylation is 2. The van der Waals surface area contributed by atoms with E-state index >= 15 is 0 Å². The predicted octanol–water partition coefficient (Wildman–Crippen LogP) is 3.56. The molecular weight excluding hydrogens is 316 g/mol. The summed E-state index contributed by atoms with van der Waals surface area (Å²) >= 11 is 0. The van der Waals surface area contributed by atoms with Crippen LogP contribution in [-0.4, -0.2) is 37.5 Å². The Morgan fingerprint density at radius 3 is 2.84 bits per heavy atom. The highest BCUT2D eigenvalue weighted by molar-refractivity contribution is 5.89. The van der Waals surface area contributed by atoms with E-state index in [9.17, 15) is 4.79 Å². The average molecular weight is 342 g/mol. The highest BCUT2D eigenvalue weighted by Crippen LogP contribution is 2.39. The Balaban J connectivity index is 1.47. The van der Waals surface area contributed by atoms with Crippen LogP contribution >= 0.6 is 0 Å². The first-order valence-electron chi connectivity index (χ1n) is 9.18. The van der Waals surface area contributed by atoms with Gasteiger partial charge in [0.05, 0.1) is 29.7 Å². The minimum absolute atomic E-state index is 0.0545. The number of carbonyl (C=O) groups is 1. The number of hydrogen-bond donors (Lipinski definition) is 2. The third kappa shape index (κ3) is 3.03. The van der Waals surface area contributed by atoms with Crippen LogP contribution in [0.4, 0.5) is 10.5 Å². The van der Waals surface area contributed by atoms with Gasteiger partial charge < -0.3 is 10.2 Å². The van der Waals surface area contributed by atoms with Gasteiger partial charge >= 0.3 is 6.03 Å². The van der Waals surface area contributed by atoms with E-state index in [0.717, 1.165) is 47.9 Å². The smallest absolute Gasteiger partial charge is 0.317 e. The number of aromatic amines is 1. The molecule has 2 fully saturated rings. The van der Waals surface area contributed by atoms with Gasteiger partial charge in [0.15, 0.2) is 0 Å². The largest absolute Gasteiger partial charge is 0.322 e. The molecule has 1 aliphatic heterocycles. The van der Waals surface area contributed by atoms with Crippen molar-refractivity contribution in [3.63, 3.8) is 0 Å². The van der Waals surface area contributed by atoms with Gasteiger partial charge in [0.25, 0.3) is 0 Å². The third-order valence-electron chi connectivity index (χ3n) is 5.61. The molecule has 0 radical (unpaired) electrons. The van der Waals surface area contributed by atoms with Crippen molar-refractivity contribution < 1.29 is 4.79 Å². The molecule has 7 heteroatoms. The van der Waals surface area contributed by atoms with E-state index in [1.165, 1.54) is 12.8 Å². The minimum Gasteiger partial charge on any atom is -0.317 e. The zero-order valence-electron chi connectivity index (χ0n) is 15.1. The van der Waals surface area contributed by atoms with Crippen LogP contribution in [0.25, 0.3) is 0 Å². The van der Waals surface area contributed by atoms with Crippen molar-refractivity contribution in [3.8, 4) is 0 Å². The molecule has 0 bridgehead atoms. The number of carbonyl (C=O) groups excluding carboxylic acids is 1. The van der Waals surface area contributed by atoms with Crippen molar-refractivity contribution >= 4 is 11.7 Å². The first kappa shape index (κ1) is 16.2. The second-order valence-corrected chi connectivity index (χ2v) is 7.42. The van der Waals surface area contributed by atoms with Crippen molar-refractivity contribution in [2.45, 2.75) is 58.5 Å². The van der Waals surface area contributed by atoms with Gasteiger partial charge in [0, 0.05) is 24.0 Å². The minimum atomic E-state index is -0.0545. The van der Waals surface area contributed by atoms with Gasteiger partial charge in [-0.25, -0.2) is 4.79 Å². The van der Waals surface area contributed by atoms with Gasteiger partial charge in [-0.3, -0.25) is 9.78 Å². The molecule has 2 N–H and O–H groups in total. The molecule has 2 aromatic heterocycles. The van der Waals surface area contributed by atoms with Gasteiger partial charge in [-0.2, -0.15) is 10.2 Å². The number of nitrogens with one attached hydrogen (secondary N) is 2. The lowest BCUT2D eigenvalue weighted by molar-refractivity contribution is 0.207. The van der Waals surface area contributed by atoms with Crippen molar-refractivity contribution in [2.75, 3.05) is 11.9 Å². The van der Waals surface area contributed by atoms with Crippen LogP contribution < -0.4 is 5.32 Å². The maximum atomic E-state index is 12.8. The van der Waals surface area contributed by atoms with Crippen LogP contribution in [0.5, 0.6) is 0 Å². The Labute approximate surface area is 147 Å². The second-order valence-electron chi connectivity index (χ2n) is 7.42. The van der Waals surface area contributed by atoms with E-state index in [1.54, 1.807) is 6.20 Å². The Bertz CT molecular complexity index is 755. The number of anilines is 1. The molecular formula is C18H26N6O. The summed E-state index contributed by atoms with van der Waals surface area (Å²) in [7, 11) is 0. The Morgan fingerprint density at radius 1 is 1.36 bits per heavy atom. The van der Waals surface area contributed by atoms with E-state index in [0.29, 0.717) is 6.04 Å². The summed E-state index contributed by atoms with van der Waals surface area (Å²) in [6, 6.07) is 0.446. The fourth-order valence-corrected chi connectivity index (χ4v) is 3.98.